The Kier molecular flexibility index (Phi) is 5.69. The Morgan fingerprint density at radius 2 is 2.35 bits per heavy atom. The van der Waals surface area contributed by atoms with Gasteiger partial charge < -0.3 is 10.1 Å². The summed E-state index contributed by atoms with van der Waals surface area (Å²) in [6, 6.07) is 4.24. The first kappa shape index (κ1) is 13.7. The molecular weight excluding hydrogens is 289 g/mol. The molecule has 0 unspecified atom stereocenters. The highest BCUT2D eigenvalue weighted by Gasteiger charge is 2.11. The minimum Gasteiger partial charge on any atom is -0.502 e. The largest absolute Gasteiger partial charge is 0.502 e. The van der Waals surface area contributed by atoms with Crippen LogP contribution in [0.15, 0.2) is 35.5 Å². The highest BCUT2D eigenvalue weighted by atomic mass is 79.9. The molecule has 3 nitrogen and oxygen atoms in total. The van der Waals surface area contributed by atoms with Gasteiger partial charge in [-0.25, -0.2) is 4.39 Å². The molecule has 0 saturated carbocycles. The Bertz CT molecular complexity index is 409. The molecule has 5 heteroatoms. The van der Waals surface area contributed by atoms with E-state index in [9.17, 15) is 9.18 Å². The molecule has 92 valence electrons. The first-order valence-corrected chi connectivity index (χ1v) is 5.90. The fourth-order valence-electron chi connectivity index (χ4n) is 1.21. The summed E-state index contributed by atoms with van der Waals surface area (Å²) in [4.78, 5) is 11.6. The van der Waals surface area contributed by atoms with Gasteiger partial charge in [0, 0.05) is 11.0 Å². The average molecular weight is 302 g/mol. The van der Waals surface area contributed by atoms with Gasteiger partial charge in [-0.3, -0.25) is 4.79 Å². The number of amides is 1. The van der Waals surface area contributed by atoms with Crippen LogP contribution in [0.1, 0.15) is 16.8 Å². The van der Waals surface area contributed by atoms with Crippen molar-refractivity contribution >= 4 is 21.8 Å². The summed E-state index contributed by atoms with van der Waals surface area (Å²) in [6.07, 6.45) is 1.99. The van der Waals surface area contributed by atoms with Crippen molar-refractivity contribution in [3.05, 3.63) is 46.9 Å². The quantitative estimate of drug-likeness (QED) is 0.648. The Morgan fingerprint density at radius 3 is 3.06 bits per heavy atom. The van der Waals surface area contributed by atoms with Crippen LogP contribution in [0.3, 0.4) is 0 Å². The van der Waals surface area contributed by atoms with Crippen molar-refractivity contribution in [2.45, 2.75) is 6.42 Å². The van der Waals surface area contributed by atoms with E-state index in [1.165, 1.54) is 18.4 Å². The van der Waals surface area contributed by atoms with Crippen LogP contribution in [0.25, 0.3) is 0 Å². The molecule has 0 fully saturated rings. The molecule has 17 heavy (non-hydrogen) atoms. The summed E-state index contributed by atoms with van der Waals surface area (Å²) in [5.41, 5.74) is 0.0315. The van der Waals surface area contributed by atoms with Crippen LogP contribution in [0.4, 0.5) is 4.39 Å². The topological polar surface area (TPSA) is 38.3 Å². The van der Waals surface area contributed by atoms with Crippen LogP contribution < -0.4 is 5.32 Å². The lowest BCUT2D eigenvalue weighted by molar-refractivity contribution is 0.0946. The summed E-state index contributed by atoms with van der Waals surface area (Å²) in [5.74, 6) is -0.963. The Labute approximate surface area is 108 Å². The van der Waals surface area contributed by atoms with Crippen LogP contribution in [-0.4, -0.2) is 19.1 Å². The Balaban J connectivity index is 2.46. The number of benzene rings is 1. The van der Waals surface area contributed by atoms with Crippen molar-refractivity contribution < 1.29 is 13.9 Å². The molecule has 0 bridgehead atoms. The molecule has 0 saturated heterocycles. The number of carbonyl (C=O) groups is 1. The molecule has 1 aromatic carbocycles. The van der Waals surface area contributed by atoms with E-state index in [0.29, 0.717) is 24.0 Å². The summed E-state index contributed by atoms with van der Waals surface area (Å²) in [6.45, 7) is 4.30. The van der Waals surface area contributed by atoms with Crippen LogP contribution in [0, 0.1) is 5.82 Å². The SMILES string of the molecule is C=COCCCNC(=O)c1cc(Br)ccc1F. The number of rotatable bonds is 6. The summed E-state index contributed by atoms with van der Waals surface area (Å²) < 4.78 is 18.9. The second kappa shape index (κ2) is 7.06. The lowest BCUT2D eigenvalue weighted by Crippen LogP contribution is -2.26. The predicted molar refractivity (Wildman–Crippen MR) is 67.2 cm³/mol. The van der Waals surface area contributed by atoms with E-state index in [0.717, 1.165) is 0 Å². The zero-order chi connectivity index (χ0) is 12.7. The highest BCUT2D eigenvalue weighted by molar-refractivity contribution is 9.10. The predicted octanol–water partition coefficient (Wildman–Crippen LogP) is 2.87. The first-order valence-electron chi connectivity index (χ1n) is 5.11. The van der Waals surface area contributed by atoms with Crippen LogP contribution >= 0.6 is 15.9 Å². The van der Waals surface area contributed by atoms with E-state index in [1.807, 2.05) is 0 Å². The molecule has 0 aliphatic rings. The van der Waals surface area contributed by atoms with Gasteiger partial charge in [-0.05, 0) is 24.6 Å². The molecule has 0 aliphatic heterocycles. The summed E-state index contributed by atoms with van der Waals surface area (Å²) in [7, 11) is 0. The molecule has 1 rings (SSSR count). The van der Waals surface area contributed by atoms with E-state index in [1.54, 1.807) is 6.07 Å². The average Bonchev–Trinajstić information content (AvgIpc) is 2.32. The molecule has 0 radical (unpaired) electrons. The first-order chi connectivity index (χ1) is 8.15. The zero-order valence-corrected chi connectivity index (χ0v) is 10.8. The number of carbonyl (C=O) groups excluding carboxylic acids is 1. The maximum Gasteiger partial charge on any atom is 0.254 e. The van der Waals surface area contributed by atoms with Crippen LogP contribution in [0.2, 0.25) is 0 Å². The molecule has 1 N–H and O–H groups in total. The van der Waals surface area contributed by atoms with Crippen molar-refractivity contribution in [3.8, 4) is 0 Å². The van der Waals surface area contributed by atoms with Gasteiger partial charge in [0.1, 0.15) is 5.82 Å². The zero-order valence-electron chi connectivity index (χ0n) is 9.21. The lowest BCUT2D eigenvalue weighted by atomic mass is 10.2. The molecular formula is C12H13BrFNO2. The maximum atomic E-state index is 13.3. The van der Waals surface area contributed by atoms with Gasteiger partial charge in [-0.15, -0.1) is 0 Å². The van der Waals surface area contributed by atoms with E-state index >= 15 is 0 Å². The molecule has 1 aromatic rings. The minimum absolute atomic E-state index is 0.0315. The molecule has 0 aromatic heterocycles. The molecule has 1 amide bonds. The van der Waals surface area contributed by atoms with E-state index < -0.39 is 11.7 Å². The highest BCUT2D eigenvalue weighted by Crippen LogP contribution is 2.15. The second-order valence-corrected chi connectivity index (χ2v) is 4.19. The number of nitrogens with one attached hydrogen (secondary N) is 1. The molecule has 0 atom stereocenters. The lowest BCUT2D eigenvalue weighted by Gasteiger charge is -2.06. The van der Waals surface area contributed by atoms with Gasteiger partial charge in [0.25, 0.3) is 5.91 Å². The smallest absolute Gasteiger partial charge is 0.254 e. The Hall–Kier alpha value is -1.36. The van der Waals surface area contributed by atoms with Crippen molar-refractivity contribution in [2.24, 2.45) is 0 Å². The molecule has 0 spiro atoms. The maximum absolute atomic E-state index is 13.3. The molecule has 0 heterocycles. The monoisotopic (exact) mass is 301 g/mol. The Morgan fingerprint density at radius 1 is 1.59 bits per heavy atom. The van der Waals surface area contributed by atoms with Crippen LogP contribution in [-0.2, 0) is 4.74 Å². The number of hydrogen-bond donors (Lipinski definition) is 1. The fraction of sp³-hybridized carbons (Fsp3) is 0.250. The van der Waals surface area contributed by atoms with Crippen LogP contribution in [0.5, 0.6) is 0 Å². The van der Waals surface area contributed by atoms with Crippen molar-refractivity contribution in [3.63, 3.8) is 0 Å². The third-order valence-corrected chi connectivity index (χ3v) is 2.51. The third kappa shape index (κ3) is 4.56. The minimum atomic E-state index is -0.534. The fourth-order valence-corrected chi connectivity index (χ4v) is 1.57. The number of halogens is 2. The summed E-state index contributed by atoms with van der Waals surface area (Å²) in [5, 5.41) is 2.61. The van der Waals surface area contributed by atoms with E-state index in [4.69, 9.17) is 4.74 Å². The normalized spacial score (nSPS) is 9.76. The van der Waals surface area contributed by atoms with Crippen molar-refractivity contribution in [1.29, 1.82) is 0 Å². The number of hydrogen-bond acceptors (Lipinski definition) is 2. The van der Waals surface area contributed by atoms with Gasteiger partial charge in [0.05, 0.1) is 18.4 Å². The van der Waals surface area contributed by atoms with Crippen molar-refractivity contribution in [1.82, 2.24) is 5.32 Å². The van der Waals surface area contributed by atoms with E-state index in [-0.39, 0.29) is 5.56 Å². The standard InChI is InChI=1S/C12H13BrFNO2/c1-2-17-7-3-6-15-12(16)10-8-9(13)4-5-11(10)14/h2,4-5,8H,1,3,6-7H2,(H,15,16). The third-order valence-electron chi connectivity index (χ3n) is 2.02. The second-order valence-electron chi connectivity index (χ2n) is 3.27. The van der Waals surface area contributed by atoms with E-state index in [2.05, 4.69) is 27.8 Å². The number of ether oxygens (including phenoxy) is 1. The molecule has 0 aliphatic carbocycles. The van der Waals surface area contributed by atoms with Gasteiger partial charge >= 0.3 is 0 Å². The van der Waals surface area contributed by atoms with Gasteiger partial charge in [0.15, 0.2) is 0 Å². The van der Waals surface area contributed by atoms with Gasteiger partial charge in [-0.2, -0.15) is 0 Å². The van der Waals surface area contributed by atoms with Crippen molar-refractivity contribution in [2.75, 3.05) is 13.2 Å². The summed E-state index contributed by atoms with van der Waals surface area (Å²) >= 11 is 3.19. The van der Waals surface area contributed by atoms with Gasteiger partial charge in [0.2, 0.25) is 0 Å². The van der Waals surface area contributed by atoms with Gasteiger partial charge in [-0.1, -0.05) is 22.5 Å².